The molecule has 54 heavy (non-hydrogen) atoms. The van der Waals surface area contributed by atoms with Crippen molar-refractivity contribution < 1.29 is 52.8 Å². The summed E-state index contributed by atoms with van der Waals surface area (Å²) in [6.07, 6.45) is 1.92. The molecule has 0 aromatic heterocycles. The minimum absolute atomic E-state index is 0. The number of ketones is 2. The Kier molecular flexibility index (Phi) is 29.9. The van der Waals surface area contributed by atoms with Crippen LogP contribution in [0.3, 0.4) is 0 Å². The fourth-order valence-electron chi connectivity index (χ4n) is 3.81. The highest BCUT2D eigenvalue weighted by molar-refractivity contribution is 6.36. The Morgan fingerprint density at radius 3 is 1.59 bits per heavy atom. The van der Waals surface area contributed by atoms with Gasteiger partial charge in [-0.3, -0.25) is 38.4 Å². The van der Waals surface area contributed by atoms with Crippen molar-refractivity contribution in [2.75, 3.05) is 38.1 Å². The average molecular weight is 836 g/mol. The topological polar surface area (TPSA) is 161 Å². The molecule has 3 aromatic carbocycles. The van der Waals surface area contributed by atoms with E-state index in [2.05, 4.69) is 4.74 Å². The van der Waals surface area contributed by atoms with Crippen LogP contribution in [0.4, 0.5) is 4.70 Å². The maximum absolute atomic E-state index is 11.6. The number of ether oxygens (including phenoxy) is 2. The molecule has 0 unspecified atom stereocenters. The molecule has 0 fully saturated rings. The molecular weight excluding hydrogens is 791 g/mol. The quantitative estimate of drug-likeness (QED) is 0.0364. The number of benzene rings is 3. The van der Waals surface area contributed by atoms with Crippen molar-refractivity contribution in [2.45, 2.75) is 35.1 Å². The van der Waals surface area contributed by atoms with Crippen LogP contribution in [0.5, 0.6) is 0 Å². The van der Waals surface area contributed by atoms with Crippen LogP contribution in [0.2, 0.25) is 10.0 Å². The Morgan fingerprint density at radius 1 is 0.741 bits per heavy atom. The van der Waals surface area contributed by atoms with Crippen LogP contribution in [0, 0.1) is 0 Å². The van der Waals surface area contributed by atoms with Crippen LogP contribution in [-0.2, 0) is 28.7 Å². The molecule has 0 atom stereocenters. The van der Waals surface area contributed by atoms with Crippen molar-refractivity contribution in [3.05, 3.63) is 111 Å². The number of imide groups is 1. The van der Waals surface area contributed by atoms with Crippen molar-refractivity contribution in [1.82, 2.24) is 4.90 Å². The highest BCUT2D eigenvalue weighted by Gasteiger charge is 2.34. The van der Waals surface area contributed by atoms with Gasteiger partial charge in [-0.25, -0.2) is 4.79 Å². The third kappa shape index (κ3) is 18.0. The Labute approximate surface area is 334 Å². The third-order valence-corrected chi connectivity index (χ3v) is 7.38. The van der Waals surface area contributed by atoms with Gasteiger partial charge in [-0.2, -0.15) is 0 Å². The molecule has 0 spiro atoms. The molecule has 16 heteroatoms. The van der Waals surface area contributed by atoms with Gasteiger partial charge in [-0.15, -0.1) is 23.2 Å². The average Bonchev–Trinajstić information content (AvgIpc) is 3.37. The van der Waals surface area contributed by atoms with Crippen LogP contribution in [0.1, 0.15) is 71.8 Å². The lowest BCUT2D eigenvalue weighted by Crippen LogP contribution is -2.32. The standard InChI is InChI=1S/C13H12Cl2O3.C10H9NO3.C7H5ClO.C6H9ClO3.2CH4.FH/c1-2-18-13(17)10(12(16)8-14)7-9-5-3-4-6-11(9)15;12-6-5-11-9(13)7-3-1-2-4-8(7)10(11)14;8-7-4-2-1-3-6(7)5-9;1-2-10-6(9)3-5(8)4-7;;;/h3-7H,2,8H2,1H3;1-4,12H,5-6H2;1-5H;2-4H2,1H3;2*1H4;1H/b10-7-;;;;;;. The van der Waals surface area contributed by atoms with E-state index < -0.39 is 17.7 Å². The molecule has 1 heterocycles. The van der Waals surface area contributed by atoms with Gasteiger partial charge in [0.05, 0.1) is 54.3 Å². The zero-order valence-corrected chi connectivity index (χ0v) is 31.0. The molecule has 1 aliphatic rings. The van der Waals surface area contributed by atoms with E-state index in [1.165, 1.54) is 6.08 Å². The number of carbonyl (C=O) groups excluding carboxylic acids is 7. The maximum Gasteiger partial charge on any atom is 0.341 e. The first-order chi connectivity index (χ1) is 24.4. The van der Waals surface area contributed by atoms with Crippen LogP contribution < -0.4 is 0 Å². The number of rotatable bonds is 12. The van der Waals surface area contributed by atoms with E-state index >= 15 is 0 Å². The number of Topliss-reactive ketones (excluding diaryl/α,β-unsaturated/α-hetero) is 2. The number of carbonyl (C=O) groups is 7. The smallest absolute Gasteiger partial charge is 0.341 e. The Hall–Kier alpha value is -4.46. The predicted octanol–water partition coefficient (Wildman–Crippen LogP) is 7.69. The summed E-state index contributed by atoms with van der Waals surface area (Å²) in [4.78, 5) is 78.6. The van der Waals surface area contributed by atoms with Crippen molar-refractivity contribution in [1.29, 1.82) is 0 Å². The van der Waals surface area contributed by atoms with Crippen LogP contribution >= 0.6 is 46.4 Å². The first-order valence-corrected chi connectivity index (χ1v) is 16.9. The van der Waals surface area contributed by atoms with Gasteiger partial charge < -0.3 is 14.6 Å². The number of hydrogen-bond acceptors (Lipinski definition) is 10. The van der Waals surface area contributed by atoms with E-state index in [4.69, 9.17) is 56.2 Å². The molecule has 0 saturated heterocycles. The maximum atomic E-state index is 11.6. The predicted molar refractivity (Wildman–Crippen MR) is 210 cm³/mol. The second kappa shape index (κ2) is 29.9. The van der Waals surface area contributed by atoms with Crippen molar-refractivity contribution in [3.8, 4) is 0 Å². The normalized spacial score (nSPS) is 10.7. The molecule has 0 radical (unpaired) electrons. The number of hydrogen-bond donors (Lipinski definition) is 1. The largest absolute Gasteiger partial charge is 0.466 e. The van der Waals surface area contributed by atoms with E-state index in [0.29, 0.717) is 38.9 Å². The van der Waals surface area contributed by atoms with Crippen LogP contribution in [-0.4, -0.2) is 89.7 Å². The van der Waals surface area contributed by atoms with Crippen molar-refractivity contribution >= 4 is 94.1 Å². The molecular formula is C38H44Cl4FNO10. The number of amides is 2. The lowest BCUT2D eigenvalue weighted by molar-refractivity contribution is -0.145. The number of aldehydes is 1. The van der Waals surface area contributed by atoms with Crippen LogP contribution in [0.15, 0.2) is 78.4 Å². The summed E-state index contributed by atoms with van der Waals surface area (Å²) in [5.74, 6) is -3.04. The van der Waals surface area contributed by atoms with Crippen LogP contribution in [0.25, 0.3) is 6.08 Å². The van der Waals surface area contributed by atoms with Gasteiger partial charge in [0.25, 0.3) is 11.8 Å². The summed E-state index contributed by atoms with van der Waals surface area (Å²) in [6.45, 7) is 3.69. The first kappa shape index (κ1) is 53.9. The number of aliphatic hydroxyl groups is 1. The third-order valence-electron chi connectivity index (χ3n) is 6.15. The summed E-state index contributed by atoms with van der Waals surface area (Å²) in [7, 11) is 0. The number of β-amino-alcohol motifs (C(OH)–C–C–N with tert-alkyl or cyclic N) is 1. The fraction of sp³-hybridized carbons (Fsp3) is 0.289. The molecule has 0 saturated carbocycles. The van der Waals surface area contributed by atoms with E-state index in [-0.39, 0.29) is 80.7 Å². The van der Waals surface area contributed by atoms with Gasteiger partial charge in [-0.1, -0.05) is 86.6 Å². The highest BCUT2D eigenvalue weighted by Crippen LogP contribution is 2.22. The lowest BCUT2D eigenvalue weighted by atomic mass is 10.1. The minimum Gasteiger partial charge on any atom is -0.466 e. The SMILES string of the molecule is C.C.CCOC(=O)/C(=C\c1ccccc1Cl)C(=O)CCl.CCOC(=O)CC(=O)CCl.F.O=C1c2ccccc2C(=O)N1CCO.O=Cc1ccccc1Cl. The van der Waals surface area contributed by atoms with Crippen molar-refractivity contribution in [3.63, 3.8) is 0 Å². The van der Waals surface area contributed by atoms with E-state index in [0.717, 1.165) is 11.2 Å². The summed E-state index contributed by atoms with van der Waals surface area (Å²) in [5, 5.41) is 9.65. The molecule has 1 N–H and O–H groups in total. The van der Waals surface area contributed by atoms with E-state index in [1.54, 1.807) is 86.6 Å². The minimum atomic E-state index is -0.692. The van der Waals surface area contributed by atoms with Gasteiger partial charge >= 0.3 is 11.9 Å². The van der Waals surface area contributed by atoms with E-state index in [1.807, 2.05) is 0 Å². The Bertz CT molecular complexity index is 1680. The molecule has 1 aliphatic heterocycles. The second-order valence-corrected chi connectivity index (χ2v) is 11.0. The second-order valence-electron chi connectivity index (χ2n) is 9.68. The molecule has 4 rings (SSSR count). The Balaban J connectivity index is -0.000000653. The molecule has 296 valence electrons. The van der Waals surface area contributed by atoms with Gasteiger partial charge in [0.1, 0.15) is 12.0 Å². The summed E-state index contributed by atoms with van der Waals surface area (Å²) in [6, 6.07) is 20.5. The summed E-state index contributed by atoms with van der Waals surface area (Å²) < 4.78 is 9.31. The molecule has 2 amide bonds. The molecule has 3 aromatic rings. The zero-order chi connectivity index (χ0) is 38.3. The number of nitrogens with zero attached hydrogens (tertiary/aromatic N) is 1. The number of esters is 2. The zero-order valence-electron chi connectivity index (χ0n) is 28.0. The Morgan fingerprint density at radius 2 is 1.20 bits per heavy atom. The number of aliphatic hydroxyl groups excluding tert-OH is 1. The number of halogens is 5. The van der Waals surface area contributed by atoms with Gasteiger partial charge in [0, 0.05) is 10.6 Å². The fourth-order valence-corrected chi connectivity index (χ4v) is 4.42. The summed E-state index contributed by atoms with van der Waals surface area (Å²) >= 11 is 22.2. The van der Waals surface area contributed by atoms with Crippen molar-refractivity contribution in [2.24, 2.45) is 0 Å². The monoisotopic (exact) mass is 833 g/mol. The molecule has 0 aliphatic carbocycles. The van der Waals surface area contributed by atoms with Gasteiger partial charge in [-0.05, 0) is 49.8 Å². The lowest BCUT2D eigenvalue weighted by Gasteiger charge is -2.10. The van der Waals surface area contributed by atoms with E-state index in [9.17, 15) is 33.6 Å². The highest BCUT2D eigenvalue weighted by atomic mass is 35.5. The van der Waals surface area contributed by atoms with Gasteiger partial charge in [0.15, 0.2) is 17.9 Å². The molecule has 0 bridgehead atoms. The number of fused-ring (bicyclic) bond motifs is 1. The molecule has 11 nitrogen and oxygen atoms in total. The number of alkyl halides is 2. The van der Waals surface area contributed by atoms with Gasteiger partial charge in [0.2, 0.25) is 0 Å². The summed E-state index contributed by atoms with van der Waals surface area (Å²) in [5.41, 5.74) is 1.86. The first-order valence-electron chi connectivity index (χ1n) is 15.1.